The van der Waals surface area contributed by atoms with Crippen LogP contribution in [-0.4, -0.2) is 11.8 Å². The third-order valence-corrected chi connectivity index (χ3v) is 6.51. The molecular weight excluding hydrogens is 432 g/mol. The van der Waals surface area contributed by atoms with Gasteiger partial charge in [-0.15, -0.1) is 0 Å². The predicted octanol–water partition coefficient (Wildman–Crippen LogP) is 6.83. The van der Waals surface area contributed by atoms with Crippen molar-refractivity contribution < 1.29 is 14.3 Å². The number of hydrogen-bond acceptors (Lipinski definition) is 3. The van der Waals surface area contributed by atoms with Gasteiger partial charge in [-0.1, -0.05) is 91.3 Å². The van der Waals surface area contributed by atoms with Crippen molar-refractivity contribution in [3.8, 4) is 11.1 Å². The van der Waals surface area contributed by atoms with Gasteiger partial charge < -0.3 is 4.74 Å². The Morgan fingerprint density at radius 2 is 1.52 bits per heavy atom. The Bertz CT molecular complexity index is 1130. The zero-order valence-corrected chi connectivity index (χ0v) is 19.4. The molecule has 0 radical (unpaired) electrons. The molecule has 0 N–H and O–H groups in total. The van der Waals surface area contributed by atoms with E-state index in [2.05, 4.69) is 6.92 Å². The zero-order valence-electron chi connectivity index (χ0n) is 18.7. The van der Waals surface area contributed by atoms with Gasteiger partial charge in [-0.2, -0.15) is 0 Å². The Morgan fingerprint density at radius 3 is 2.18 bits per heavy atom. The Balaban J connectivity index is 1.36. The fourth-order valence-electron chi connectivity index (χ4n) is 4.22. The number of allylic oxidation sites excluding steroid dienone is 1. The molecule has 0 bridgehead atoms. The van der Waals surface area contributed by atoms with E-state index in [1.807, 2.05) is 84.9 Å². The number of carbonyl (C=O) groups is 2. The van der Waals surface area contributed by atoms with Gasteiger partial charge in [-0.25, -0.2) is 4.79 Å². The van der Waals surface area contributed by atoms with Crippen molar-refractivity contribution in [2.75, 3.05) is 0 Å². The summed E-state index contributed by atoms with van der Waals surface area (Å²) in [7, 11) is 0. The third kappa shape index (κ3) is 6.00. The van der Waals surface area contributed by atoms with E-state index in [4.69, 9.17) is 16.3 Å². The van der Waals surface area contributed by atoms with Gasteiger partial charge in [0, 0.05) is 22.9 Å². The number of Topliss-reactive ketones (excluding diaryl/α,β-unsaturated/α-hetero) is 1. The first-order valence-electron chi connectivity index (χ1n) is 11.3. The largest absolute Gasteiger partial charge is 0.457 e. The molecule has 1 aliphatic rings. The normalized spacial score (nSPS) is 17.8. The molecule has 0 fully saturated rings. The summed E-state index contributed by atoms with van der Waals surface area (Å²) in [6, 6.07) is 25.4. The van der Waals surface area contributed by atoms with Crippen molar-refractivity contribution in [1.82, 2.24) is 0 Å². The second kappa shape index (κ2) is 10.6. The lowest BCUT2D eigenvalue weighted by Gasteiger charge is -2.27. The molecular formula is C29H27ClO3. The summed E-state index contributed by atoms with van der Waals surface area (Å²) in [6.45, 7) is 2.32. The van der Waals surface area contributed by atoms with Gasteiger partial charge in [-0.3, -0.25) is 4.79 Å². The van der Waals surface area contributed by atoms with Crippen LogP contribution in [0.25, 0.3) is 11.1 Å². The minimum Gasteiger partial charge on any atom is -0.457 e. The highest BCUT2D eigenvalue weighted by atomic mass is 35.5. The molecule has 4 heteroatoms. The maximum atomic E-state index is 13.1. The first kappa shape index (κ1) is 23.0. The molecule has 0 heterocycles. The number of rotatable bonds is 7. The van der Waals surface area contributed by atoms with E-state index in [0.717, 1.165) is 22.3 Å². The molecule has 0 saturated heterocycles. The number of ketones is 1. The van der Waals surface area contributed by atoms with Gasteiger partial charge in [0.2, 0.25) is 0 Å². The summed E-state index contributed by atoms with van der Waals surface area (Å²) in [5.41, 5.74) is 4.71. The van der Waals surface area contributed by atoms with Crippen molar-refractivity contribution in [3.05, 3.63) is 107 Å². The number of ether oxygens (including phenoxy) is 1. The maximum absolute atomic E-state index is 13.1. The SMILES string of the molecule is C[C@H]1CC=C(C(=O)OCc2ccccc2)C[C@@H]1C(=O)Cc1ccc(-c2ccc(Cl)cc2)cc1. The van der Waals surface area contributed by atoms with E-state index < -0.39 is 0 Å². The molecule has 3 aromatic carbocycles. The van der Waals surface area contributed by atoms with Gasteiger partial charge in [0.1, 0.15) is 12.4 Å². The molecule has 3 aromatic rings. The van der Waals surface area contributed by atoms with Crippen LogP contribution in [0.15, 0.2) is 90.5 Å². The second-order valence-electron chi connectivity index (χ2n) is 8.66. The van der Waals surface area contributed by atoms with E-state index in [1.165, 1.54) is 0 Å². The van der Waals surface area contributed by atoms with Crippen LogP contribution < -0.4 is 0 Å². The molecule has 2 atom stereocenters. The highest BCUT2D eigenvalue weighted by Gasteiger charge is 2.31. The highest BCUT2D eigenvalue weighted by Crippen LogP contribution is 2.32. The van der Waals surface area contributed by atoms with Gasteiger partial charge in [0.25, 0.3) is 0 Å². The van der Waals surface area contributed by atoms with Crippen molar-refractivity contribution in [2.24, 2.45) is 11.8 Å². The summed E-state index contributed by atoms with van der Waals surface area (Å²) in [4.78, 5) is 25.7. The fourth-order valence-corrected chi connectivity index (χ4v) is 4.34. The Labute approximate surface area is 200 Å². The van der Waals surface area contributed by atoms with Crippen LogP contribution in [0.2, 0.25) is 5.02 Å². The van der Waals surface area contributed by atoms with E-state index in [9.17, 15) is 9.59 Å². The molecule has 1 aliphatic carbocycles. The molecule has 0 saturated carbocycles. The maximum Gasteiger partial charge on any atom is 0.334 e. The lowest BCUT2D eigenvalue weighted by molar-refractivity contribution is -0.140. The van der Waals surface area contributed by atoms with Crippen molar-refractivity contribution in [1.29, 1.82) is 0 Å². The van der Waals surface area contributed by atoms with Crippen molar-refractivity contribution in [3.63, 3.8) is 0 Å². The lowest BCUT2D eigenvalue weighted by Crippen LogP contribution is -2.28. The predicted molar refractivity (Wildman–Crippen MR) is 132 cm³/mol. The smallest absolute Gasteiger partial charge is 0.334 e. The standard InChI is InChI=1S/C29H27ClO3/c1-20-7-10-25(29(32)33-19-22-5-3-2-4-6-22)18-27(20)28(31)17-21-8-11-23(12-9-21)24-13-15-26(30)16-14-24/h2-6,8-16,20,27H,7,17-19H2,1H3/t20-,27-/m0/s1. The minimum absolute atomic E-state index is 0.170. The van der Waals surface area contributed by atoms with E-state index >= 15 is 0 Å². The van der Waals surface area contributed by atoms with E-state index in [1.54, 1.807) is 0 Å². The molecule has 168 valence electrons. The summed E-state index contributed by atoms with van der Waals surface area (Å²) < 4.78 is 5.48. The number of halogens is 1. The summed E-state index contributed by atoms with van der Waals surface area (Å²) in [5, 5.41) is 0.708. The van der Waals surface area contributed by atoms with Crippen LogP contribution in [-0.2, 0) is 27.4 Å². The van der Waals surface area contributed by atoms with Gasteiger partial charge in [0.05, 0.1) is 0 Å². The average Bonchev–Trinajstić information content (AvgIpc) is 2.84. The Hall–Kier alpha value is -3.17. The Kier molecular flexibility index (Phi) is 7.41. The van der Waals surface area contributed by atoms with Crippen molar-refractivity contribution in [2.45, 2.75) is 32.8 Å². The van der Waals surface area contributed by atoms with Crippen LogP contribution in [0.5, 0.6) is 0 Å². The molecule has 0 amide bonds. The monoisotopic (exact) mass is 458 g/mol. The fraction of sp³-hybridized carbons (Fsp3) is 0.241. The zero-order chi connectivity index (χ0) is 23.2. The number of esters is 1. The molecule has 4 rings (SSSR count). The summed E-state index contributed by atoms with van der Waals surface area (Å²) in [5.74, 6) is -0.124. The first-order valence-corrected chi connectivity index (χ1v) is 11.6. The number of benzene rings is 3. The quantitative estimate of drug-likeness (QED) is 0.364. The topological polar surface area (TPSA) is 43.4 Å². The molecule has 0 spiro atoms. The summed E-state index contributed by atoms with van der Waals surface area (Å²) >= 11 is 5.97. The third-order valence-electron chi connectivity index (χ3n) is 6.26. The Morgan fingerprint density at radius 1 is 0.879 bits per heavy atom. The highest BCUT2D eigenvalue weighted by molar-refractivity contribution is 6.30. The molecule has 0 unspecified atom stereocenters. The van der Waals surface area contributed by atoms with E-state index in [-0.39, 0.29) is 30.2 Å². The van der Waals surface area contributed by atoms with Crippen LogP contribution in [0.3, 0.4) is 0 Å². The summed E-state index contributed by atoms with van der Waals surface area (Å²) in [6.07, 6.45) is 3.45. The van der Waals surface area contributed by atoms with Crippen LogP contribution in [0, 0.1) is 11.8 Å². The molecule has 3 nitrogen and oxygen atoms in total. The number of carbonyl (C=O) groups excluding carboxylic acids is 2. The molecule has 0 aromatic heterocycles. The molecule has 33 heavy (non-hydrogen) atoms. The van der Waals surface area contributed by atoms with Crippen LogP contribution in [0.4, 0.5) is 0 Å². The molecule has 0 aliphatic heterocycles. The lowest BCUT2D eigenvalue weighted by atomic mass is 9.77. The number of hydrogen-bond donors (Lipinski definition) is 0. The van der Waals surface area contributed by atoms with Crippen LogP contribution in [0.1, 0.15) is 30.9 Å². The van der Waals surface area contributed by atoms with E-state index in [0.29, 0.717) is 29.9 Å². The van der Waals surface area contributed by atoms with Gasteiger partial charge >= 0.3 is 5.97 Å². The second-order valence-corrected chi connectivity index (χ2v) is 9.10. The van der Waals surface area contributed by atoms with Gasteiger partial charge in [0.15, 0.2) is 0 Å². The van der Waals surface area contributed by atoms with Crippen molar-refractivity contribution >= 4 is 23.4 Å². The van der Waals surface area contributed by atoms with Crippen LogP contribution >= 0.6 is 11.6 Å². The minimum atomic E-state index is -0.323. The average molecular weight is 459 g/mol. The van der Waals surface area contributed by atoms with Gasteiger partial charge in [-0.05, 0) is 53.1 Å². The first-order chi connectivity index (χ1) is 16.0.